The van der Waals surface area contributed by atoms with Crippen molar-refractivity contribution in [2.24, 2.45) is 0 Å². The van der Waals surface area contributed by atoms with E-state index in [1.165, 1.54) is 0 Å². The van der Waals surface area contributed by atoms with E-state index in [9.17, 15) is 4.79 Å². The molecule has 2 rings (SSSR count). The van der Waals surface area contributed by atoms with Gasteiger partial charge in [0.05, 0.1) is 27.9 Å². The number of carbonyl (C=O) groups excluding carboxylic acids is 1. The number of hydrogen-bond donors (Lipinski definition) is 0. The highest BCUT2D eigenvalue weighted by Gasteiger charge is 2.19. The lowest BCUT2D eigenvalue weighted by atomic mass is 10.1. The number of amides is 1. The molecule has 6 heteroatoms. The Balaban J connectivity index is 2.20. The fourth-order valence-corrected chi connectivity index (χ4v) is 2.75. The molecule has 0 aliphatic heterocycles. The maximum absolute atomic E-state index is 12.7. The number of nitrogens with zero attached hydrogens (tertiary/aromatic N) is 1. The van der Waals surface area contributed by atoms with Crippen molar-refractivity contribution in [2.75, 3.05) is 35.5 Å². The smallest absolute Gasteiger partial charge is 0.253 e. The Hall–Kier alpha value is -2.73. The zero-order chi connectivity index (χ0) is 19.1. The molecule has 0 atom stereocenters. The first-order valence-electron chi connectivity index (χ1n) is 8.16. The second-order valence-electron chi connectivity index (χ2n) is 5.78. The first-order chi connectivity index (χ1) is 12.5. The second-order valence-corrected chi connectivity index (χ2v) is 5.78. The van der Waals surface area contributed by atoms with Crippen molar-refractivity contribution >= 4 is 5.91 Å². The molecular formula is C20H25NO5. The lowest BCUT2D eigenvalue weighted by Gasteiger charge is -2.21. The lowest BCUT2D eigenvalue weighted by Crippen LogP contribution is -2.26. The highest BCUT2D eigenvalue weighted by molar-refractivity contribution is 5.94. The van der Waals surface area contributed by atoms with Crippen LogP contribution < -0.4 is 14.2 Å². The lowest BCUT2D eigenvalue weighted by molar-refractivity contribution is 0.0784. The normalized spacial score (nSPS) is 10.3. The van der Waals surface area contributed by atoms with Gasteiger partial charge < -0.3 is 23.8 Å². The van der Waals surface area contributed by atoms with E-state index in [0.717, 1.165) is 11.1 Å². The molecule has 0 fully saturated rings. The van der Waals surface area contributed by atoms with Gasteiger partial charge in [-0.2, -0.15) is 0 Å². The van der Waals surface area contributed by atoms with Crippen LogP contribution in [0, 0.1) is 0 Å². The van der Waals surface area contributed by atoms with Crippen molar-refractivity contribution in [1.82, 2.24) is 4.90 Å². The second kappa shape index (κ2) is 9.10. The number of benzene rings is 2. The zero-order valence-corrected chi connectivity index (χ0v) is 15.9. The van der Waals surface area contributed by atoms with Crippen molar-refractivity contribution in [3.63, 3.8) is 0 Å². The Morgan fingerprint density at radius 3 is 2.08 bits per heavy atom. The summed E-state index contributed by atoms with van der Waals surface area (Å²) in [6, 6.07) is 11.1. The summed E-state index contributed by atoms with van der Waals surface area (Å²) in [7, 11) is 8.09. The molecule has 140 valence electrons. The van der Waals surface area contributed by atoms with E-state index < -0.39 is 0 Å². The summed E-state index contributed by atoms with van der Waals surface area (Å²) in [5, 5.41) is 0. The number of rotatable bonds is 8. The van der Waals surface area contributed by atoms with Gasteiger partial charge in [-0.15, -0.1) is 0 Å². The van der Waals surface area contributed by atoms with E-state index in [0.29, 0.717) is 36.0 Å². The van der Waals surface area contributed by atoms with E-state index in [1.54, 1.807) is 58.6 Å². The average Bonchev–Trinajstić information content (AvgIpc) is 2.67. The fraction of sp³-hybridized carbons (Fsp3) is 0.350. The van der Waals surface area contributed by atoms with Crippen LogP contribution in [0.2, 0.25) is 0 Å². The third-order valence-electron chi connectivity index (χ3n) is 4.05. The van der Waals surface area contributed by atoms with Crippen LogP contribution in [0.5, 0.6) is 17.2 Å². The third kappa shape index (κ3) is 4.26. The Bertz CT molecular complexity index is 743. The molecule has 0 bridgehead atoms. The van der Waals surface area contributed by atoms with Crippen molar-refractivity contribution in [3.05, 3.63) is 53.1 Å². The standard InChI is InChI=1S/C20H25NO5/c1-21(20(22)15-8-6-14(7-9-15)13-23-2)12-16-10-11-17(24-3)19(26-5)18(16)25-4/h6-11H,12-13H2,1-5H3. The molecule has 0 unspecified atom stereocenters. The van der Waals surface area contributed by atoms with Crippen molar-refractivity contribution in [2.45, 2.75) is 13.2 Å². The minimum absolute atomic E-state index is 0.0780. The average molecular weight is 359 g/mol. The van der Waals surface area contributed by atoms with Gasteiger partial charge in [0.2, 0.25) is 5.75 Å². The van der Waals surface area contributed by atoms with E-state index in [4.69, 9.17) is 18.9 Å². The first-order valence-corrected chi connectivity index (χ1v) is 8.16. The van der Waals surface area contributed by atoms with Gasteiger partial charge in [-0.3, -0.25) is 4.79 Å². The van der Waals surface area contributed by atoms with Crippen molar-refractivity contribution in [1.29, 1.82) is 0 Å². The molecule has 0 aliphatic rings. The van der Waals surface area contributed by atoms with Crippen LogP contribution in [0.4, 0.5) is 0 Å². The fourth-order valence-electron chi connectivity index (χ4n) is 2.75. The molecule has 0 saturated carbocycles. The molecule has 0 saturated heterocycles. The maximum atomic E-state index is 12.7. The summed E-state index contributed by atoms with van der Waals surface area (Å²) in [6.07, 6.45) is 0. The summed E-state index contributed by atoms with van der Waals surface area (Å²) >= 11 is 0. The monoisotopic (exact) mass is 359 g/mol. The summed E-state index contributed by atoms with van der Waals surface area (Å²) in [6.45, 7) is 0.898. The summed E-state index contributed by atoms with van der Waals surface area (Å²) in [5.41, 5.74) is 2.47. The minimum Gasteiger partial charge on any atom is -0.493 e. The first kappa shape index (κ1) is 19.6. The van der Waals surface area contributed by atoms with Crippen molar-refractivity contribution in [3.8, 4) is 17.2 Å². The molecule has 0 aromatic heterocycles. The van der Waals surface area contributed by atoms with Gasteiger partial charge in [-0.25, -0.2) is 0 Å². The van der Waals surface area contributed by atoms with Crippen LogP contribution in [-0.2, 0) is 17.9 Å². The largest absolute Gasteiger partial charge is 0.493 e. The Labute approximate surface area is 154 Å². The highest BCUT2D eigenvalue weighted by Crippen LogP contribution is 2.40. The summed E-state index contributed by atoms with van der Waals surface area (Å²) in [5.74, 6) is 1.57. The van der Waals surface area contributed by atoms with Crippen LogP contribution in [0.25, 0.3) is 0 Å². The van der Waals surface area contributed by atoms with E-state index >= 15 is 0 Å². The molecule has 6 nitrogen and oxygen atoms in total. The van der Waals surface area contributed by atoms with E-state index in [-0.39, 0.29) is 5.91 Å². The minimum atomic E-state index is -0.0780. The molecule has 2 aromatic carbocycles. The molecule has 0 radical (unpaired) electrons. The van der Waals surface area contributed by atoms with Crippen LogP contribution >= 0.6 is 0 Å². The molecule has 26 heavy (non-hydrogen) atoms. The Morgan fingerprint density at radius 1 is 0.885 bits per heavy atom. The number of carbonyl (C=O) groups is 1. The number of ether oxygens (including phenoxy) is 4. The molecule has 0 heterocycles. The van der Waals surface area contributed by atoms with E-state index in [1.807, 2.05) is 18.2 Å². The van der Waals surface area contributed by atoms with E-state index in [2.05, 4.69) is 0 Å². The van der Waals surface area contributed by atoms with Crippen molar-refractivity contribution < 1.29 is 23.7 Å². The molecular weight excluding hydrogens is 334 g/mol. The zero-order valence-electron chi connectivity index (χ0n) is 15.9. The Kier molecular flexibility index (Phi) is 6.86. The third-order valence-corrected chi connectivity index (χ3v) is 4.05. The van der Waals surface area contributed by atoms with Crippen LogP contribution in [0.15, 0.2) is 36.4 Å². The maximum Gasteiger partial charge on any atom is 0.253 e. The van der Waals surface area contributed by atoms with Gasteiger partial charge in [-0.05, 0) is 29.8 Å². The molecule has 0 N–H and O–H groups in total. The van der Waals surface area contributed by atoms with Gasteiger partial charge >= 0.3 is 0 Å². The van der Waals surface area contributed by atoms with Gasteiger partial charge in [0.25, 0.3) is 5.91 Å². The predicted octanol–water partition coefficient (Wildman–Crippen LogP) is 3.13. The van der Waals surface area contributed by atoms with Gasteiger partial charge in [0.15, 0.2) is 11.5 Å². The summed E-state index contributed by atoms with van der Waals surface area (Å²) in [4.78, 5) is 14.3. The predicted molar refractivity (Wildman–Crippen MR) is 99.1 cm³/mol. The van der Waals surface area contributed by atoms with Crippen LogP contribution in [0.1, 0.15) is 21.5 Å². The van der Waals surface area contributed by atoms with Gasteiger partial charge in [0.1, 0.15) is 0 Å². The molecule has 0 aliphatic carbocycles. The van der Waals surface area contributed by atoms with Gasteiger partial charge in [0, 0.05) is 31.8 Å². The Morgan fingerprint density at radius 2 is 1.54 bits per heavy atom. The molecule has 0 spiro atoms. The highest BCUT2D eigenvalue weighted by atomic mass is 16.5. The summed E-state index contributed by atoms with van der Waals surface area (Å²) < 4.78 is 21.3. The van der Waals surface area contributed by atoms with Gasteiger partial charge in [-0.1, -0.05) is 12.1 Å². The topological polar surface area (TPSA) is 57.2 Å². The SMILES string of the molecule is COCc1ccc(C(=O)N(C)Cc2ccc(OC)c(OC)c2OC)cc1. The molecule has 1 amide bonds. The number of hydrogen-bond acceptors (Lipinski definition) is 5. The van der Waals surface area contributed by atoms with Crippen LogP contribution in [-0.4, -0.2) is 46.3 Å². The quantitative estimate of drug-likeness (QED) is 0.725. The molecule has 2 aromatic rings. The number of methoxy groups -OCH3 is 4. The van der Waals surface area contributed by atoms with Crippen LogP contribution in [0.3, 0.4) is 0 Å².